The van der Waals surface area contributed by atoms with Gasteiger partial charge in [0.1, 0.15) is 0 Å². The van der Waals surface area contributed by atoms with Crippen LogP contribution in [0.3, 0.4) is 0 Å². The SMILES string of the molecule is BrCCCc1ccccc1-n1ccnc1. The highest BCUT2D eigenvalue weighted by molar-refractivity contribution is 9.09. The van der Waals surface area contributed by atoms with Crippen molar-refractivity contribution in [3.05, 3.63) is 48.5 Å². The maximum atomic E-state index is 4.07. The topological polar surface area (TPSA) is 17.8 Å². The number of alkyl halides is 1. The molecule has 78 valence electrons. The molecule has 3 heteroatoms. The Morgan fingerprint density at radius 1 is 1.27 bits per heavy atom. The van der Waals surface area contributed by atoms with Crippen LogP contribution in [0.1, 0.15) is 12.0 Å². The molecule has 0 aliphatic heterocycles. The summed E-state index contributed by atoms with van der Waals surface area (Å²) in [5.74, 6) is 0. The summed E-state index contributed by atoms with van der Waals surface area (Å²) in [7, 11) is 0. The van der Waals surface area contributed by atoms with E-state index in [2.05, 4.69) is 49.7 Å². The lowest BCUT2D eigenvalue weighted by Crippen LogP contribution is -1.97. The summed E-state index contributed by atoms with van der Waals surface area (Å²) in [4.78, 5) is 4.07. The molecule has 2 aromatic rings. The molecule has 15 heavy (non-hydrogen) atoms. The van der Waals surface area contributed by atoms with E-state index in [1.807, 2.05) is 12.5 Å². The molecule has 0 spiro atoms. The number of hydrogen-bond acceptors (Lipinski definition) is 1. The Hall–Kier alpha value is -1.09. The first-order valence-electron chi connectivity index (χ1n) is 5.04. The molecule has 0 amide bonds. The van der Waals surface area contributed by atoms with Gasteiger partial charge in [0.2, 0.25) is 0 Å². The number of benzene rings is 1. The molecule has 2 nitrogen and oxygen atoms in total. The molecule has 1 aromatic heterocycles. The van der Waals surface area contributed by atoms with Crippen LogP contribution in [0.15, 0.2) is 43.0 Å². The van der Waals surface area contributed by atoms with Gasteiger partial charge in [-0.1, -0.05) is 34.1 Å². The Morgan fingerprint density at radius 3 is 2.87 bits per heavy atom. The van der Waals surface area contributed by atoms with Gasteiger partial charge in [-0.2, -0.15) is 0 Å². The fraction of sp³-hybridized carbons (Fsp3) is 0.250. The lowest BCUT2D eigenvalue weighted by atomic mass is 10.1. The molecule has 0 atom stereocenters. The van der Waals surface area contributed by atoms with Crippen molar-refractivity contribution in [1.29, 1.82) is 0 Å². The number of halogens is 1. The van der Waals surface area contributed by atoms with Crippen molar-refractivity contribution in [3.8, 4) is 5.69 Å². The maximum Gasteiger partial charge on any atom is 0.0991 e. The third-order valence-corrected chi connectivity index (χ3v) is 2.91. The van der Waals surface area contributed by atoms with Gasteiger partial charge in [0.25, 0.3) is 0 Å². The lowest BCUT2D eigenvalue weighted by molar-refractivity contribution is 0.911. The van der Waals surface area contributed by atoms with Crippen molar-refractivity contribution < 1.29 is 0 Å². The van der Waals surface area contributed by atoms with Crippen molar-refractivity contribution >= 4 is 15.9 Å². The summed E-state index contributed by atoms with van der Waals surface area (Å²) >= 11 is 3.46. The van der Waals surface area contributed by atoms with Gasteiger partial charge in [0.05, 0.1) is 6.33 Å². The minimum atomic E-state index is 1.05. The highest BCUT2D eigenvalue weighted by atomic mass is 79.9. The Labute approximate surface area is 98.1 Å². The summed E-state index contributed by atoms with van der Waals surface area (Å²) < 4.78 is 2.06. The Kier molecular flexibility index (Phi) is 3.56. The molecule has 1 heterocycles. The number of rotatable bonds is 4. The van der Waals surface area contributed by atoms with Gasteiger partial charge < -0.3 is 4.57 Å². The zero-order chi connectivity index (χ0) is 10.5. The fourth-order valence-electron chi connectivity index (χ4n) is 1.63. The van der Waals surface area contributed by atoms with Gasteiger partial charge >= 0.3 is 0 Å². The average Bonchev–Trinajstić information content (AvgIpc) is 2.80. The molecular formula is C12H13BrN2. The molecule has 0 saturated heterocycles. The largest absolute Gasteiger partial charge is 0.306 e. The van der Waals surface area contributed by atoms with Crippen molar-refractivity contribution in [2.24, 2.45) is 0 Å². The highest BCUT2D eigenvalue weighted by Gasteiger charge is 2.02. The number of para-hydroxylation sites is 1. The molecular weight excluding hydrogens is 252 g/mol. The van der Waals surface area contributed by atoms with Gasteiger partial charge in [-0.25, -0.2) is 4.98 Å². The summed E-state index contributed by atoms with van der Waals surface area (Å²) in [6, 6.07) is 8.46. The van der Waals surface area contributed by atoms with E-state index in [1.165, 1.54) is 11.3 Å². The summed E-state index contributed by atoms with van der Waals surface area (Å²) in [6.07, 6.45) is 7.88. The minimum absolute atomic E-state index is 1.05. The van der Waals surface area contributed by atoms with E-state index in [-0.39, 0.29) is 0 Å². The molecule has 0 aliphatic rings. The van der Waals surface area contributed by atoms with E-state index in [0.29, 0.717) is 0 Å². The van der Waals surface area contributed by atoms with Crippen LogP contribution in [0, 0.1) is 0 Å². The van der Waals surface area contributed by atoms with Crippen LogP contribution in [-0.4, -0.2) is 14.9 Å². The minimum Gasteiger partial charge on any atom is -0.306 e. The summed E-state index contributed by atoms with van der Waals surface area (Å²) in [6.45, 7) is 0. The Bertz CT molecular complexity index is 409. The number of nitrogens with zero attached hydrogens (tertiary/aromatic N) is 2. The number of imidazole rings is 1. The zero-order valence-corrected chi connectivity index (χ0v) is 10.0. The smallest absolute Gasteiger partial charge is 0.0991 e. The Balaban J connectivity index is 2.30. The van der Waals surface area contributed by atoms with Gasteiger partial charge in [-0.05, 0) is 24.5 Å². The van der Waals surface area contributed by atoms with E-state index < -0.39 is 0 Å². The van der Waals surface area contributed by atoms with Crippen molar-refractivity contribution in [2.45, 2.75) is 12.8 Å². The molecule has 0 bridgehead atoms. The van der Waals surface area contributed by atoms with Gasteiger partial charge in [0, 0.05) is 23.4 Å². The maximum absolute atomic E-state index is 4.07. The van der Waals surface area contributed by atoms with E-state index in [4.69, 9.17) is 0 Å². The van der Waals surface area contributed by atoms with Crippen LogP contribution in [0.4, 0.5) is 0 Å². The van der Waals surface area contributed by atoms with E-state index in [1.54, 1.807) is 6.20 Å². The molecule has 0 fully saturated rings. The predicted octanol–water partition coefficient (Wildman–Crippen LogP) is 3.20. The number of aryl methyl sites for hydroxylation is 1. The van der Waals surface area contributed by atoms with Crippen molar-refractivity contribution in [2.75, 3.05) is 5.33 Å². The monoisotopic (exact) mass is 264 g/mol. The van der Waals surface area contributed by atoms with Gasteiger partial charge in [0.15, 0.2) is 0 Å². The second-order valence-corrected chi connectivity index (χ2v) is 4.18. The third-order valence-electron chi connectivity index (χ3n) is 2.35. The van der Waals surface area contributed by atoms with Crippen LogP contribution in [0.25, 0.3) is 5.69 Å². The van der Waals surface area contributed by atoms with Gasteiger partial charge in [-0.3, -0.25) is 0 Å². The second-order valence-electron chi connectivity index (χ2n) is 3.39. The molecule has 0 unspecified atom stereocenters. The molecule has 0 aliphatic carbocycles. The van der Waals surface area contributed by atoms with Crippen LogP contribution in [0.2, 0.25) is 0 Å². The quantitative estimate of drug-likeness (QED) is 0.776. The first-order valence-corrected chi connectivity index (χ1v) is 6.16. The molecule has 0 radical (unpaired) electrons. The molecule has 0 N–H and O–H groups in total. The summed E-state index contributed by atoms with van der Waals surface area (Å²) in [5, 5.41) is 1.05. The first kappa shape index (κ1) is 10.4. The molecule has 0 saturated carbocycles. The second kappa shape index (κ2) is 5.12. The standard InChI is InChI=1S/C12H13BrN2/c13-7-3-5-11-4-1-2-6-12(11)15-9-8-14-10-15/h1-2,4,6,8-10H,3,5,7H2. The van der Waals surface area contributed by atoms with Crippen LogP contribution in [0.5, 0.6) is 0 Å². The Morgan fingerprint density at radius 2 is 2.13 bits per heavy atom. The van der Waals surface area contributed by atoms with Crippen molar-refractivity contribution in [3.63, 3.8) is 0 Å². The average molecular weight is 265 g/mol. The molecule has 2 rings (SSSR count). The third kappa shape index (κ3) is 2.48. The fourth-order valence-corrected chi connectivity index (χ4v) is 1.91. The van der Waals surface area contributed by atoms with Crippen LogP contribution < -0.4 is 0 Å². The number of aromatic nitrogens is 2. The lowest BCUT2D eigenvalue weighted by Gasteiger charge is -2.08. The van der Waals surface area contributed by atoms with E-state index >= 15 is 0 Å². The highest BCUT2D eigenvalue weighted by Crippen LogP contribution is 2.16. The number of hydrogen-bond donors (Lipinski definition) is 0. The van der Waals surface area contributed by atoms with E-state index in [0.717, 1.165) is 18.2 Å². The summed E-state index contributed by atoms with van der Waals surface area (Å²) in [5.41, 5.74) is 2.60. The van der Waals surface area contributed by atoms with E-state index in [9.17, 15) is 0 Å². The van der Waals surface area contributed by atoms with Gasteiger partial charge in [-0.15, -0.1) is 0 Å². The van der Waals surface area contributed by atoms with Crippen LogP contribution >= 0.6 is 15.9 Å². The predicted molar refractivity (Wildman–Crippen MR) is 65.7 cm³/mol. The first-order chi connectivity index (χ1) is 7.42. The molecule has 1 aromatic carbocycles. The van der Waals surface area contributed by atoms with Crippen molar-refractivity contribution in [1.82, 2.24) is 9.55 Å². The van der Waals surface area contributed by atoms with Crippen LogP contribution in [-0.2, 0) is 6.42 Å². The zero-order valence-electron chi connectivity index (χ0n) is 8.44. The normalized spacial score (nSPS) is 10.5.